The van der Waals surface area contributed by atoms with Crippen molar-refractivity contribution in [3.05, 3.63) is 24.3 Å². The van der Waals surface area contributed by atoms with Gasteiger partial charge in [-0.1, -0.05) is 29.8 Å². The number of hydrogen-bond donors (Lipinski definition) is 1. The molecule has 0 fully saturated rings. The molecule has 0 heterocycles. The molecule has 1 N–H and O–H groups in total. The van der Waals surface area contributed by atoms with E-state index in [2.05, 4.69) is 17.5 Å². The fourth-order valence-corrected chi connectivity index (χ4v) is 1.58. The Balaban J connectivity index is 4.70. The lowest BCUT2D eigenvalue weighted by Gasteiger charge is -2.03. The summed E-state index contributed by atoms with van der Waals surface area (Å²) in [5.41, 5.74) is 1.04. The zero-order chi connectivity index (χ0) is 11.7. The topological polar surface area (TPSA) is 36.2 Å². The highest BCUT2D eigenvalue weighted by molar-refractivity contribution is 8.14. The van der Waals surface area contributed by atoms with E-state index in [9.17, 15) is 0 Å². The van der Waals surface area contributed by atoms with E-state index in [4.69, 9.17) is 11.8 Å². The molecule has 0 spiro atoms. The van der Waals surface area contributed by atoms with Crippen LogP contribution >= 0.6 is 11.8 Å². The van der Waals surface area contributed by atoms with E-state index in [0.29, 0.717) is 11.6 Å². The molecule has 0 bridgehead atoms. The lowest BCUT2D eigenvalue weighted by atomic mass is 10.2. The number of nitrogens with zero attached hydrogens (tertiary/aromatic N) is 1. The molecular formula is C12H16N2S. The maximum atomic E-state index is 7.33. The Hall–Kier alpha value is -1.27. The van der Waals surface area contributed by atoms with Gasteiger partial charge in [-0.05, 0) is 25.8 Å². The number of amidine groups is 1. The molecule has 0 aliphatic carbocycles. The molecule has 0 rings (SSSR count). The summed E-state index contributed by atoms with van der Waals surface area (Å²) in [4.78, 5) is 4.13. The van der Waals surface area contributed by atoms with E-state index < -0.39 is 0 Å². The Kier molecular flexibility index (Phi) is 7.39. The van der Waals surface area contributed by atoms with E-state index in [-0.39, 0.29) is 0 Å². The van der Waals surface area contributed by atoms with Crippen LogP contribution in [-0.2, 0) is 0 Å². The van der Waals surface area contributed by atoms with Crippen LogP contribution in [0.3, 0.4) is 0 Å². The molecule has 80 valence electrons. The Morgan fingerprint density at radius 1 is 1.60 bits per heavy atom. The largest absolute Gasteiger partial charge is 0.287 e. The van der Waals surface area contributed by atoms with E-state index in [1.807, 2.05) is 19.1 Å². The molecule has 0 aromatic carbocycles. The summed E-state index contributed by atoms with van der Waals surface area (Å²) < 4.78 is 0. The average molecular weight is 220 g/mol. The molecule has 0 aliphatic heterocycles. The van der Waals surface area contributed by atoms with Crippen molar-refractivity contribution in [2.75, 3.05) is 5.75 Å². The summed E-state index contributed by atoms with van der Waals surface area (Å²) >= 11 is 1.48. The van der Waals surface area contributed by atoms with Gasteiger partial charge in [0.15, 0.2) is 0 Å². The van der Waals surface area contributed by atoms with Crippen molar-refractivity contribution in [1.29, 1.82) is 5.41 Å². The Labute approximate surface area is 96.1 Å². The van der Waals surface area contributed by atoms with E-state index in [1.54, 1.807) is 6.92 Å². The third-order valence-electron chi connectivity index (χ3n) is 1.49. The number of allylic oxidation sites excluding steroid dienone is 2. The van der Waals surface area contributed by atoms with Crippen LogP contribution in [0.2, 0.25) is 0 Å². The zero-order valence-electron chi connectivity index (χ0n) is 9.21. The van der Waals surface area contributed by atoms with E-state index in [0.717, 1.165) is 17.0 Å². The highest BCUT2D eigenvalue weighted by Crippen LogP contribution is 2.13. The summed E-state index contributed by atoms with van der Waals surface area (Å²) in [6.07, 6.45) is 9.85. The lowest BCUT2D eigenvalue weighted by Crippen LogP contribution is -1.99. The molecule has 2 nitrogen and oxygen atoms in total. The summed E-state index contributed by atoms with van der Waals surface area (Å²) in [6, 6.07) is 0. The van der Waals surface area contributed by atoms with Crippen LogP contribution in [0.5, 0.6) is 0 Å². The van der Waals surface area contributed by atoms with Gasteiger partial charge in [0.2, 0.25) is 0 Å². The van der Waals surface area contributed by atoms with Gasteiger partial charge >= 0.3 is 0 Å². The fourth-order valence-electron chi connectivity index (χ4n) is 0.844. The van der Waals surface area contributed by atoms with Gasteiger partial charge in [0, 0.05) is 0 Å². The van der Waals surface area contributed by atoms with Crippen LogP contribution < -0.4 is 0 Å². The molecule has 0 radical (unpaired) electrons. The van der Waals surface area contributed by atoms with Crippen LogP contribution in [0, 0.1) is 17.8 Å². The molecule has 0 saturated heterocycles. The van der Waals surface area contributed by atoms with Gasteiger partial charge in [0.25, 0.3) is 0 Å². The van der Waals surface area contributed by atoms with Crippen molar-refractivity contribution < 1.29 is 0 Å². The van der Waals surface area contributed by atoms with Gasteiger partial charge in [-0.2, -0.15) is 0 Å². The third-order valence-corrected chi connectivity index (χ3v) is 2.49. The van der Waals surface area contributed by atoms with Crippen LogP contribution in [0.1, 0.15) is 20.3 Å². The number of terminal acetylenes is 1. The first-order chi connectivity index (χ1) is 7.11. The monoisotopic (exact) mass is 220 g/mol. The molecule has 0 aromatic heterocycles. The number of nitrogens with one attached hydrogen (secondary N) is 1. The predicted molar refractivity (Wildman–Crippen MR) is 70.7 cm³/mol. The molecule has 0 atom stereocenters. The second kappa shape index (κ2) is 8.07. The first-order valence-electron chi connectivity index (χ1n) is 4.60. The molecule has 15 heavy (non-hydrogen) atoms. The summed E-state index contributed by atoms with van der Waals surface area (Å²) in [5, 5.41) is 8.15. The number of aliphatic imine (C=N–C) groups is 1. The third kappa shape index (κ3) is 6.75. The van der Waals surface area contributed by atoms with Crippen LogP contribution in [0.4, 0.5) is 0 Å². The maximum Gasteiger partial charge on any atom is 0.118 e. The highest BCUT2D eigenvalue weighted by atomic mass is 32.2. The Bertz CT molecular complexity index is 332. The Morgan fingerprint density at radius 3 is 2.73 bits per heavy atom. The molecule has 0 aliphatic rings. The van der Waals surface area contributed by atoms with Crippen molar-refractivity contribution in [3.8, 4) is 12.3 Å². The molecular weight excluding hydrogens is 204 g/mol. The molecule has 0 amide bonds. The predicted octanol–water partition coefficient (Wildman–Crippen LogP) is 3.27. The van der Waals surface area contributed by atoms with Crippen molar-refractivity contribution in [2.24, 2.45) is 4.99 Å². The number of hydrogen-bond acceptors (Lipinski definition) is 2. The zero-order valence-corrected chi connectivity index (χ0v) is 10.0. The van der Waals surface area contributed by atoms with Gasteiger partial charge in [0.1, 0.15) is 10.9 Å². The second-order valence-corrected chi connectivity index (χ2v) is 3.87. The highest BCUT2D eigenvalue weighted by Gasteiger charge is 2.02. The van der Waals surface area contributed by atoms with Crippen LogP contribution in [0.25, 0.3) is 0 Å². The minimum Gasteiger partial charge on any atom is -0.287 e. The van der Waals surface area contributed by atoms with Crippen molar-refractivity contribution in [2.45, 2.75) is 20.3 Å². The smallest absolute Gasteiger partial charge is 0.118 e. The van der Waals surface area contributed by atoms with Gasteiger partial charge < -0.3 is 0 Å². The minimum absolute atomic E-state index is 0.292. The summed E-state index contributed by atoms with van der Waals surface area (Å²) in [5.74, 6) is 3.41. The molecule has 3 heteroatoms. The number of rotatable bonds is 4. The molecule has 0 aromatic rings. The van der Waals surface area contributed by atoms with E-state index in [1.165, 1.54) is 11.8 Å². The quantitative estimate of drug-likeness (QED) is 0.336. The molecule has 0 unspecified atom stereocenters. The van der Waals surface area contributed by atoms with E-state index >= 15 is 0 Å². The van der Waals surface area contributed by atoms with Crippen molar-refractivity contribution in [1.82, 2.24) is 0 Å². The normalized spacial score (nSPS) is 12.1. The lowest BCUT2D eigenvalue weighted by molar-refractivity contribution is 1.35. The number of thioether (sulfide) groups is 1. The minimum atomic E-state index is 0.292. The first kappa shape index (κ1) is 13.7. The summed E-state index contributed by atoms with van der Waals surface area (Å²) in [7, 11) is 0. The standard InChI is InChI=1S/C12H16N2S/c1-5-7-8-10(3)12(14-11(4)13)15-9-6-2/h2,5,8,13H,1,7,9H2,3-4H3. The summed E-state index contributed by atoms with van der Waals surface area (Å²) in [6.45, 7) is 7.27. The molecule has 0 saturated carbocycles. The van der Waals surface area contributed by atoms with Gasteiger partial charge in [-0.3, -0.25) is 5.41 Å². The van der Waals surface area contributed by atoms with Gasteiger partial charge in [-0.15, -0.1) is 13.0 Å². The van der Waals surface area contributed by atoms with Gasteiger partial charge in [-0.25, -0.2) is 4.99 Å². The van der Waals surface area contributed by atoms with Crippen LogP contribution in [0.15, 0.2) is 29.3 Å². The first-order valence-corrected chi connectivity index (χ1v) is 5.58. The average Bonchev–Trinajstić information content (AvgIpc) is 2.20. The fraction of sp³-hybridized carbons (Fsp3) is 0.333. The van der Waals surface area contributed by atoms with Crippen LogP contribution in [-0.4, -0.2) is 16.6 Å². The Morgan fingerprint density at radius 2 is 2.27 bits per heavy atom. The van der Waals surface area contributed by atoms with Gasteiger partial charge in [0.05, 0.1) is 5.75 Å². The van der Waals surface area contributed by atoms with Crippen molar-refractivity contribution >= 4 is 22.6 Å². The SMILES string of the molecule is C#CCSC(=NC(C)=N)C(C)=CCC=C. The maximum absolute atomic E-state index is 7.33. The second-order valence-electron chi connectivity index (χ2n) is 2.91. The van der Waals surface area contributed by atoms with Crippen molar-refractivity contribution in [3.63, 3.8) is 0 Å².